The van der Waals surface area contributed by atoms with Gasteiger partial charge in [-0.25, -0.2) is 0 Å². The van der Waals surface area contributed by atoms with Gasteiger partial charge in [-0.2, -0.15) is 0 Å². The molecule has 0 saturated heterocycles. The molecule has 0 bridgehead atoms. The monoisotopic (exact) mass is 290 g/mol. The van der Waals surface area contributed by atoms with E-state index in [-0.39, 0.29) is 5.97 Å². The number of anilines is 1. The Morgan fingerprint density at radius 2 is 2.19 bits per heavy atom. The van der Waals surface area contributed by atoms with E-state index < -0.39 is 5.54 Å². The average molecular weight is 290 g/mol. The molecule has 4 heteroatoms. The van der Waals surface area contributed by atoms with Crippen LogP contribution in [0.5, 0.6) is 0 Å². The fourth-order valence-corrected chi connectivity index (χ4v) is 3.00. The SMILES string of the molecule is CNC(C)(CCN1c2ccccc2CCC1C)C(=O)OC. The maximum Gasteiger partial charge on any atom is 0.325 e. The number of ether oxygens (including phenoxy) is 1. The normalized spacial score (nSPS) is 20.6. The lowest BCUT2D eigenvalue weighted by molar-refractivity contribution is -0.147. The zero-order valence-electron chi connectivity index (χ0n) is 13.5. The lowest BCUT2D eigenvalue weighted by Crippen LogP contribution is -2.51. The van der Waals surface area contributed by atoms with Gasteiger partial charge in [0.25, 0.3) is 0 Å². The van der Waals surface area contributed by atoms with Gasteiger partial charge in [0, 0.05) is 18.3 Å². The predicted octanol–water partition coefficient (Wildman–Crippen LogP) is 2.37. The molecule has 0 spiro atoms. The Morgan fingerprint density at radius 1 is 1.48 bits per heavy atom. The van der Waals surface area contributed by atoms with Crippen molar-refractivity contribution in [1.29, 1.82) is 0 Å². The van der Waals surface area contributed by atoms with Crippen LogP contribution in [-0.2, 0) is 16.0 Å². The highest BCUT2D eigenvalue weighted by atomic mass is 16.5. The first kappa shape index (κ1) is 15.8. The van der Waals surface area contributed by atoms with Crippen molar-refractivity contribution in [3.63, 3.8) is 0 Å². The number of hydrogen-bond acceptors (Lipinski definition) is 4. The summed E-state index contributed by atoms with van der Waals surface area (Å²) in [6, 6.07) is 9.06. The van der Waals surface area contributed by atoms with Gasteiger partial charge in [-0.15, -0.1) is 0 Å². The molecule has 1 aliphatic heterocycles. The van der Waals surface area contributed by atoms with Crippen molar-refractivity contribution in [2.24, 2.45) is 0 Å². The van der Waals surface area contributed by atoms with E-state index in [0.717, 1.165) is 25.8 Å². The van der Waals surface area contributed by atoms with Crippen LogP contribution in [0.25, 0.3) is 0 Å². The van der Waals surface area contributed by atoms with Crippen molar-refractivity contribution in [1.82, 2.24) is 5.32 Å². The third-order valence-corrected chi connectivity index (χ3v) is 4.70. The minimum absolute atomic E-state index is 0.206. The Bertz CT molecular complexity index is 503. The molecule has 0 radical (unpaired) electrons. The Labute approximate surface area is 127 Å². The molecule has 0 amide bonds. The zero-order chi connectivity index (χ0) is 15.5. The van der Waals surface area contributed by atoms with Crippen LogP contribution in [0, 0.1) is 0 Å². The number of hydrogen-bond donors (Lipinski definition) is 1. The van der Waals surface area contributed by atoms with Crippen LogP contribution in [-0.4, -0.2) is 38.3 Å². The van der Waals surface area contributed by atoms with Crippen LogP contribution < -0.4 is 10.2 Å². The van der Waals surface area contributed by atoms with Gasteiger partial charge in [-0.05, 0) is 51.8 Å². The molecular weight excluding hydrogens is 264 g/mol. The number of para-hydroxylation sites is 1. The highest BCUT2D eigenvalue weighted by molar-refractivity contribution is 5.80. The van der Waals surface area contributed by atoms with Crippen molar-refractivity contribution >= 4 is 11.7 Å². The molecule has 0 fully saturated rings. The highest BCUT2D eigenvalue weighted by Gasteiger charge is 2.34. The molecule has 2 atom stereocenters. The molecule has 1 aliphatic rings. The number of carbonyl (C=O) groups excluding carboxylic acids is 1. The molecule has 0 saturated carbocycles. The van der Waals surface area contributed by atoms with Gasteiger partial charge in [0.05, 0.1) is 7.11 Å². The number of nitrogens with one attached hydrogen (secondary N) is 1. The Kier molecular flexibility index (Phi) is 4.88. The van der Waals surface area contributed by atoms with Crippen LogP contribution in [0.2, 0.25) is 0 Å². The third kappa shape index (κ3) is 3.21. The number of benzene rings is 1. The van der Waals surface area contributed by atoms with Crippen LogP contribution in [0.1, 0.15) is 32.3 Å². The summed E-state index contributed by atoms with van der Waals surface area (Å²) in [6.45, 7) is 4.99. The van der Waals surface area contributed by atoms with Crippen molar-refractivity contribution in [2.75, 3.05) is 25.6 Å². The smallest absolute Gasteiger partial charge is 0.325 e. The molecule has 21 heavy (non-hydrogen) atoms. The summed E-state index contributed by atoms with van der Waals surface area (Å²) in [5.74, 6) is -0.206. The fourth-order valence-electron chi connectivity index (χ4n) is 3.00. The number of rotatable bonds is 5. The van der Waals surface area contributed by atoms with Gasteiger partial charge < -0.3 is 15.0 Å². The molecule has 0 aromatic heterocycles. The summed E-state index contributed by atoms with van der Waals surface area (Å²) in [4.78, 5) is 14.4. The van der Waals surface area contributed by atoms with Gasteiger partial charge in [0.15, 0.2) is 0 Å². The summed E-state index contributed by atoms with van der Waals surface area (Å²) in [6.07, 6.45) is 3.01. The maximum absolute atomic E-state index is 12.0. The first-order chi connectivity index (χ1) is 10.0. The van der Waals surface area contributed by atoms with Crippen LogP contribution in [0.4, 0.5) is 5.69 Å². The molecule has 2 unspecified atom stereocenters. The van der Waals surface area contributed by atoms with E-state index in [1.54, 1.807) is 0 Å². The van der Waals surface area contributed by atoms with Gasteiger partial charge >= 0.3 is 5.97 Å². The Morgan fingerprint density at radius 3 is 2.86 bits per heavy atom. The molecule has 1 aromatic carbocycles. The summed E-state index contributed by atoms with van der Waals surface area (Å²) in [5.41, 5.74) is 2.07. The van der Waals surface area contributed by atoms with Crippen LogP contribution in [0.3, 0.4) is 0 Å². The number of esters is 1. The van der Waals surface area contributed by atoms with Gasteiger partial charge in [-0.1, -0.05) is 18.2 Å². The number of fused-ring (bicyclic) bond motifs is 1. The third-order valence-electron chi connectivity index (χ3n) is 4.70. The van der Waals surface area contributed by atoms with Gasteiger partial charge in [-0.3, -0.25) is 4.79 Å². The van der Waals surface area contributed by atoms with Crippen molar-refractivity contribution in [2.45, 2.75) is 44.7 Å². The number of likely N-dealkylation sites (N-methyl/N-ethyl adjacent to an activating group) is 1. The predicted molar refractivity (Wildman–Crippen MR) is 85.7 cm³/mol. The molecule has 1 heterocycles. The van der Waals surface area contributed by atoms with E-state index >= 15 is 0 Å². The zero-order valence-corrected chi connectivity index (χ0v) is 13.5. The molecule has 1 aromatic rings. The van der Waals surface area contributed by atoms with E-state index in [1.165, 1.54) is 18.4 Å². The van der Waals surface area contributed by atoms with Gasteiger partial charge in [0.2, 0.25) is 0 Å². The van der Waals surface area contributed by atoms with E-state index in [9.17, 15) is 4.79 Å². The van der Waals surface area contributed by atoms with E-state index in [2.05, 4.69) is 41.4 Å². The van der Waals surface area contributed by atoms with Gasteiger partial charge in [0.1, 0.15) is 5.54 Å². The number of methoxy groups -OCH3 is 1. The largest absolute Gasteiger partial charge is 0.468 e. The lowest BCUT2D eigenvalue weighted by atomic mass is 9.93. The standard InChI is InChI=1S/C17H26N2O2/c1-13-9-10-14-7-5-6-8-15(14)19(13)12-11-17(2,18-3)16(20)21-4/h5-8,13,18H,9-12H2,1-4H3. The van der Waals surface area contributed by atoms with Crippen molar-refractivity contribution < 1.29 is 9.53 Å². The lowest BCUT2D eigenvalue weighted by Gasteiger charge is -2.39. The Balaban J connectivity index is 2.14. The molecule has 4 nitrogen and oxygen atoms in total. The van der Waals surface area contributed by atoms with E-state index in [4.69, 9.17) is 4.74 Å². The minimum atomic E-state index is -0.638. The molecule has 116 valence electrons. The summed E-state index contributed by atoms with van der Waals surface area (Å²) < 4.78 is 4.92. The summed E-state index contributed by atoms with van der Waals surface area (Å²) in [7, 11) is 3.25. The van der Waals surface area contributed by atoms with Crippen molar-refractivity contribution in [3.8, 4) is 0 Å². The molecular formula is C17H26N2O2. The van der Waals surface area contributed by atoms with E-state index in [0.29, 0.717) is 6.04 Å². The second-order valence-corrected chi connectivity index (χ2v) is 6.03. The fraction of sp³-hybridized carbons (Fsp3) is 0.588. The Hall–Kier alpha value is -1.55. The number of carbonyl (C=O) groups is 1. The van der Waals surface area contributed by atoms with Crippen LogP contribution >= 0.6 is 0 Å². The topological polar surface area (TPSA) is 41.6 Å². The first-order valence-corrected chi connectivity index (χ1v) is 7.63. The highest BCUT2D eigenvalue weighted by Crippen LogP contribution is 2.31. The number of aryl methyl sites for hydroxylation is 1. The first-order valence-electron chi connectivity index (χ1n) is 7.63. The van der Waals surface area contributed by atoms with Crippen LogP contribution in [0.15, 0.2) is 24.3 Å². The summed E-state index contributed by atoms with van der Waals surface area (Å²) in [5, 5.41) is 3.11. The number of nitrogens with zero attached hydrogens (tertiary/aromatic N) is 1. The maximum atomic E-state index is 12.0. The second-order valence-electron chi connectivity index (χ2n) is 6.03. The quantitative estimate of drug-likeness (QED) is 0.845. The van der Waals surface area contributed by atoms with Crippen molar-refractivity contribution in [3.05, 3.63) is 29.8 Å². The molecule has 0 aliphatic carbocycles. The molecule has 2 rings (SSSR count). The average Bonchev–Trinajstić information content (AvgIpc) is 2.52. The summed E-state index contributed by atoms with van der Waals surface area (Å²) >= 11 is 0. The minimum Gasteiger partial charge on any atom is -0.468 e. The molecule has 1 N–H and O–H groups in total. The van der Waals surface area contributed by atoms with E-state index in [1.807, 2.05) is 14.0 Å². The second kappa shape index (κ2) is 6.48.